The zero-order chi connectivity index (χ0) is 25.5. The third-order valence-corrected chi connectivity index (χ3v) is 5.56. The van der Waals surface area contributed by atoms with Crippen LogP contribution in [0.25, 0.3) is 0 Å². The fraction of sp³-hybridized carbons (Fsp3) is 0.148. The lowest BCUT2D eigenvalue weighted by molar-refractivity contribution is -0.115. The van der Waals surface area contributed by atoms with Gasteiger partial charge in [0.25, 0.3) is 5.56 Å². The van der Waals surface area contributed by atoms with Crippen molar-refractivity contribution in [2.24, 2.45) is 0 Å². The van der Waals surface area contributed by atoms with Crippen LogP contribution in [0.2, 0.25) is 0 Å². The zero-order valence-electron chi connectivity index (χ0n) is 19.8. The highest BCUT2D eigenvalue weighted by Crippen LogP contribution is 2.29. The molecule has 9 nitrogen and oxygen atoms in total. The number of carbonyl (C=O) groups excluding carboxylic acids is 1. The molecule has 0 spiro atoms. The van der Waals surface area contributed by atoms with Crippen LogP contribution in [0.3, 0.4) is 0 Å². The van der Waals surface area contributed by atoms with Gasteiger partial charge in [0.15, 0.2) is 5.75 Å². The van der Waals surface area contributed by atoms with Crippen molar-refractivity contribution in [3.63, 3.8) is 0 Å². The van der Waals surface area contributed by atoms with Crippen molar-refractivity contribution in [3.8, 4) is 11.5 Å². The highest BCUT2D eigenvalue weighted by Gasteiger charge is 2.21. The summed E-state index contributed by atoms with van der Waals surface area (Å²) in [6.45, 7) is 2.13. The largest absolute Gasteiger partial charge is 0.455 e. The van der Waals surface area contributed by atoms with Crippen molar-refractivity contribution in [1.82, 2.24) is 9.55 Å². The fourth-order valence-corrected chi connectivity index (χ4v) is 3.79. The highest BCUT2D eigenvalue weighted by molar-refractivity contribution is 5.95. The maximum absolute atomic E-state index is 13.0. The lowest BCUT2D eigenvalue weighted by atomic mass is 10.2. The van der Waals surface area contributed by atoms with E-state index in [4.69, 9.17) is 10.5 Å². The number of nitrogens with zero attached hydrogens (tertiary/aromatic N) is 2. The summed E-state index contributed by atoms with van der Waals surface area (Å²) in [4.78, 5) is 42.1. The Hall–Kier alpha value is -4.79. The van der Waals surface area contributed by atoms with E-state index in [1.807, 2.05) is 66.7 Å². The van der Waals surface area contributed by atoms with E-state index in [0.717, 1.165) is 5.56 Å². The van der Waals surface area contributed by atoms with E-state index in [1.54, 1.807) is 25.1 Å². The van der Waals surface area contributed by atoms with Gasteiger partial charge < -0.3 is 20.7 Å². The van der Waals surface area contributed by atoms with Crippen LogP contribution in [0.1, 0.15) is 12.5 Å². The molecule has 0 aliphatic rings. The number of hydrogen-bond acceptors (Lipinski definition) is 6. The Morgan fingerprint density at radius 2 is 1.61 bits per heavy atom. The van der Waals surface area contributed by atoms with Crippen molar-refractivity contribution >= 4 is 23.1 Å². The maximum atomic E-state index is 13.0. The van der Waals surface area contributed by atoms with Crippen LogP contribution >= 0.6 is 0 Å². The van der Waals surface area contributed by atoms with Gasteiger partial charge in [-0.1, -0.05) is 60.7 Å². The summed E-state index contributed by atoms with van der Waals surface area (Å²) in [5.74, 6) is 0.735. The molecule has 0 bridgehead atoms. The molecule has 0 fully saturated rings. The Labute approximate surface area is 207 Å². The van der Waals surface area contributed by atoms with Crippen molar-refractivity contribution in [1.29, 1.82) is 0 Å². The number of nitrogen functional groups attached to an aromatic ring is 1. The van der Waals surface area contributed by atoms with Gasteiger partial charge in [0, 0.05) is 6.54 Å². The molecule has 0 aliphatic carbocycles. The van der Waals surface area contributed by atoms with E-state index in [9.17, 15) is 14.4 Å². The number of nitrogens with one attached hydrogen (secondary N) is 2. The number of H-pyrrole nitrogens is 1. The van der Waals surface area contributed by atoms with E-state index < -0.39 is 11.2 Å². The summed E-state index contributed by atoms with van der Waals surface area (Å²) in [5, 5.41) is 2.84. The molecular formula is C27H27N5O4. The van der Waals surface area contributed by atoms with Gasteiger partial charge in [0.2, 0.25) is 5.91 Å². The standard InChI is InChI=1S/C27H27N5O4/c1-2-31(24-25(28)32(27(35)30-26(24)34)17-19-11-5-3-6-12-19)18-23(33)29-21-15-9-10-16-22(21)36-20-13-7-4-8-14-20/h3-16H,2,17-18,28H2,1H3,(H,29,33)(H,30,34,35). The summed E-state index contributed by atoms with van der Waals surface area (Å²) in [5.41, 5.74) is 6.43. The Kier molecular flexibility index (Phi) is 7.50. The Balaban J connectivity index is 1.56. The number of aromatic nitrogens is 2. The minimum Gasteiger partial charge on any atom is -0.455 e. The van der Waals surface area contributed by atoms with Gasteiger partial charge in [-0.3, -0.25) is 19.1 Å². The van der Waals surface area contributed by atoms with Crippen molar-refractivity contribution < 1.29 is 9.53 Å². The molecule has 0 aliphatic heterocycles. The molecule has 1 heterocycles. The van der Waals surface area contributed by atoms with Crippen molar-refractivity contribution in [3.05, 3.63) is 111 Å². The van der Waals surface area contributed by atoms with Gasteiger partial charge in [-0.15, -0.1) is 0 Å². The Bertz CT molecular complexity index is 1450. The molecule has 3 aromatic carbocycles. The summed E-state index contributed by atoms with van der Waals surface area (Å²) in [7, 11) is 0. The normalized spacial score (nSPS) is 10.6. The number of hydrogen-bond donors (Lipinski definition) is 3. The summed E-state index contributed by atoms with van der Waals surface area (Å²) >= 11 is 0. The van der Waals surface area contributed by atoms with Gasteiger partial charge >= 0.3 is 5.69 Å². The second-order valence-corrected chi connectivity index (χ2v) is 8.04. The van der Waals surface area contributed by atoms with E-state index in [-0.39, 0.29) is 30.5 Å². The van der Waals surface area contributed by atoms with Crippen LogP contribution in [0.4, 0.5) is 17.2 Å². The van der Waals surface area contributed by atoms with Crippen LogP contribution in [0.5, 0.6) is 11.5 Å². The molecule has 0 radical (unpaired) electrons. The number of amides is 1. The first-order valence-corrected chi connectivity index (χ1v) is 11.5. The number of likely N-dealkylation sites (N-methyl/N-ethyl adjacent to an activating group) is 1. The lowest BCUT2D eigenvalue weighted by Gasteiger charge is -2.24. The average Bonchev–Trinajstić information content (AvgIpc) is 2.88. The van der Waals surface area contributed by atoms with Crippen LogP contribution in [0, 0.1) is 0 Å². The molecule has 4 rings (SSSR count). The molecule has 36 heavy (non-hydrogen) atoms. The summed E-state index contributed by atoms with van der Waals surface area (Å²) in [6.07, 6.45) is 0. The highest BCUT2D eigenvalue weighted by atomic mass is 16.5. The molecule has 184 valence electrons. The average molecular weight is 486 g/mol. The SMILES string of the molecule is CCN(CC(=O)Nc1ccccc1Oc1ccccc1)c1c(N)n(Cc2ccccc2)c(=O)[nH]c1=O. The lowest BCUT2D eigenvalue weighted by Crippen LogP contribution is -2.41. The molecule has 0 atom stereocenters. The monoisotopic (exact) mass is 485 g/mol. The van der Waals surface area contributed by atoms with E-state index in [1.165, 1.54) is 9.47 Å². The quantitative estimate of drug-likeness (QED) is 0.334. The van der Waals surface area contributed by atoms with Gasteiger partial charge in [0.05, 0.1) is 18.8 Å². The molecule has 0 unspecified atom stereocenters. The minimum atomic E-state index is -0.649. The molecule has 0 saturated carbocycles. The minimum absolute atomic E-state index is 0.00457. The number of benzene rings is 3. The first-order chi connectivity index (χ1) is 17.5. The molecule has 4 aromatic rings. The second kappa shape index (κ2) is 11.1. The Morgan fingerprint density at radius 1 is 0.972 bits per heavy atom. The molecule has 1 amide bonds. The third kappa shape index (κ3) is 5.64. The van der Waals surface area contributed by atoms with Crippen molar-refractivity contribution in [2.75, 3.05) is 29.0 Å². The smallest absolute Gasteiger partial charge is 0.330 e. The number of anilines is 3. The molecule has 9 heteroatoms. The fourth-order valence-electron chi connectivity index (χ4n) is 3.79. The first kappa shape index (κ1) is 24.3. The third-order valence-electron chi connectivity index (χ3n) is 5.56. The van der Waals surface area contributed by atoms with Gasteiger partial charge in [0.1, 0.15) is 17.3 Å². The number of ether oxygens (including phenoxy) is 1. The number of aromatic amines is 1. The van der Waals surface area contributed by atoms with Gasteiger partial charge in [-0.2, -0.15) is 0 Å². The number of para-hydroxylation sites is 3. The zero-order valence-corrected chi connectivity index (χ0v) is 19.8. The number of carbonyl (C=O) groups is 1. The van der Waals surface area contributed by atoms with E-state index in [2.05, 4.69) is 10.3 Å². The van der Waals surface area contributed by atoms with Crippen molar-refractivity contribution in [2.45, 2.75) is 13.5 Å². The number of nitrogens with two attached hydrogens (primary N) is 1. The van der Waals surface area contributed by atoms with Crippen LogP contribution < -0.4 is 31.9 Å². The van der Waals surface area contributed by atoms with E-state index in [0.29, 0.717) is 23.7 Å². The predicted molar refractivity (Wildman–Crippen MR) is 141 cm³/mol. The molecular weight excluding hydrogens is 458 g/mol. The second-order valence-electron chi connectivity index (χ2n) is 8.04. The molecule has 4 N–H and O–H groups in total. The number of rotatable bonds is 9. The van der Waals surface area contributed by atoms with Crippen LogP contribution in [-0.4, -0.2) is 28.5 Å². The summed E-state index contributed by atoms with van der Waals surface area (Å²) in [6, 6.07) is 25.6. The van der Waals surface area contributed by atoms with Crippen LogP contribution in [-0.2, 0) is 11.3 Å². The first-order valence-electron chi connectivity index (χ1n) is 11.5. The topological polar surface area (TPSA) is 122 Å². The van der Waals surface area contributed by atoms with Gasteiger partial charge in [-0.05, 0) is 36.8 Å². The molecule has 0 saturated heterocycles. The summed E-state index contributed by atoms with van der Waals surface area (Å²) < 4.78 is 7.20. The predicted octanol–water partition coefficient (Wildman–Crippen LogP) is 3.42. The van der Waals surface area contributed by atoms with Gasteiger partial charge in [-0.25, -0.2) is 4.79 Å². The van der Waals surface area contributed by atoms with E-state index >= 15 is 0 Å². The molecule has 1 aromatic heterocycles. The Morgan fingerprint density at radius 3 is 2.31 bits per heavy atom. The maximum Gasteiger partial charge on any atom is 0.330 e. The van der Waals surface area contributed by atoms with Crippen LogP contribution in [0.15, 0.2) is 94.5 Å².